The van der Waals surface area contributed by atoms with Crippen LogP contribution < -0.4 is 20.5 Å². The fourth-order valence-electron chi connectivity index (χ4n) is 2.50. The second-order valence-electron chi connectivity index (χ2n) is 6.11. The number of rotatable bonds is 7. The maximum absolute atomic E-state index is 5.99. The number of nitrogens with zero attached hydrogens (tertiary/aromatic N) is 1. The van der Waals surface area contributed by atoms with Crippen LogP contribution in [0.3, 0.4) is 0 Å². The number of guanidine groups is 1. The molecule has 0 fully saturated rings. The van der Waals surface area contributed by atoms with E-state index in [0.29, 0.717) is 18.4 Å². The zero-order chi connectivity index (χ0) is 18.2. The summed E-state index contributed by atoms with van der Waals surface area (Å²) in [4.78, 5) is 4.40. The third kappa shape index (κ3) is 5.41. The predicted octanol–water partition coefficient (Wildman–Crippen LogP) is 3.80. The number of ether oxygens (including phenoxy) is 2. The number of anilines is 1. The minimum atomic E-state index is 0.418. The van der Waals surface area contributed by atoms with Gasteiger partial charge in [0.05, 0.1) is 14.2 Å². The van der Waals surface area contributed by atoms with Crippen molar-refractivity contribution >= 4 is 11.6 Å². The fourth-order valence-corrected chi connectivity index (χ4v) is 2.50. The minimum Gasteiger partial charge on any atom is -0.493 e. The Labute approximate surface area is 149 Å². The molecule has 0 heterocycles. The highest BCUT2D eigenvalue weighted by molar-refractivity contribution is 5.92. The van der Waals surface area contributed by atoms with Crippen molar-refractivity contribution in [3.8, 4) is 11.5 Å². The monoisotopic (exact) mass is 341 g/mol. The van der Waals surface area contributed by atoms with Crippen LogP contribution in [-0.2, 0) is 6.42 Å². The Morgan fingerprint density at radius 2 is 1.84 bits per heavy atom. The van der Waals surface area contributed by atoms with E-state index in [0.717, 1.165) is 29.2 Å². The van der Waals surface area contributed by atoms with Gasteiger partial charge in [-0.25, -0.2) is 0 Å². The second kappa shape index (κ2) is 8.97. The highest BCUT2D eigenvalue weighted by Crippen LogP contribution is 2.27. The van der Waals surface area contributed by atoms with Crippen molar-refractivity contribution < 1.29 is 9.47 Å². The minimum absolute atomic E-state index is 0.418. The van der Waals surface area contributed by atoms with Crippen LogP contribution in [0.5, 0.6) is 11.5 Å². The number of hydrogen-bond donors (Lipinski definition) is 2. The van der Waals surface area contributed by atoms with E-state index in [1.165, 1.54) is 5.56 Å². The van der Waals surface area contributed by atoms with Gasteiger partial charge in [0.15, 0.2) is 17.5 Å². The van der Waals surface area contributed by atoms with Crippen LogP contribution in [-0.4, -0.2) is 26.7 Å². The summed E-state index contributed by atoms with van der Waals surface area (Å²) in [6.07, 6.45) is 0.773. The topological polar surface area (TPSA) is 68.9 Å². The van der Waals surface area contributed by atoms with Crippen molar-refractivity contribution in [3.63, 3.8) is 0 Å². The van der Waals surface area contributed by atoms with Gasteiger partial charge in [-0.1, -0.05) is 32.0 Å². The average molecular weight is 341 g/mol. The standard InChI is InChI=1S/C20H27N3O2/c1-14(2)16-6-5-7-17(13-16)23-20(21)22-11-10-15-8-9-18(24-3)19(12-15)25-4/h5-9,12-14H,10-11H2,1-4H3,(H3,21,22,23). The molecule has 2 aromatic carbocycles. The zero-order valence-corrected chi connectivity index (χ0v) is 15.4. The number of hydrogen-bond acceptors (Lipinski definition) is 3. The van der Waals surface area contributed by atoms with Gasteiger partial charge in [0.25, 0.3) is 0 Å². The largest absolute Gasteiger partial charge is 0.493 e. The maximum Gasteiger partial charge on any atom is 0.193 e. The molecule has 0 saturated carbocycles. The van der Waals surface area contributed by atoms with Gasteiger partial charge < -0.3 is 20.5 Å². The Hall–Kier alpha value is -2.69. The first-order valence-corrected chi connectivity index (χ1v) is 8.41. The highest BCUT2D eigenvalue weighted by Gasteiger charge is 2.04. The fraction of sp³-hybridized carbons (Fsp3) is 0.350. The van der Waals surface area contributed by atoms with Crippen molar-refractivity contribution in [2.45, 2.75) is 26.2 Å². The van der Waals surface area contributed by atoms with Crippen molar-refractivity contribution in [3.05, 3.63) is 53.6 Å². The summed E-state index contributed by atoms with van der Waals surface area (Å²) in [6, 6.07) is 14.1. The Kier molecular flexibility index (Phi) is 6.69. The van der Waals surface area contributed by atoms with E-state index < -0.39 is 0 Å². The first-order chi connectivity index (χ1) is 12.0. The summed E-state index contributed by atoms with van der Waals surface area (Å²) < 4.78 is 10.6. The van der Waals surface area contributed by atoms with Crippen LogP contribution in [0.15, 0.2) is 47.5 Å². The lowest BCUT2D eigenvalue weighted by Crippen LogP contribution is -2.23. The maximum atomic E-state index is 5.99. The number of benzene rings is 2. The molecule has 0 bridgehead atoms. The van der Waals surface area contributed by atoms with Crippen molar-refractivity contribution in [1.82, 2.24) is 0 Å². The molecule has 0 amide bonds. The molecule has 0 saturated heterocycles. The molecular weight excluding hydrogens is 314 g/mol. The van der Waals surface area contributed by atoms with Crippen molar-refractivity contribution in [2.24, 2.45) is 10.7 Å². The summed E-state index contributed by atoms with van der Waals surface area (Å²) in [5.41, 5.74) is 9.34. The lowest BCUT2D eigenvalue weighted by atomic mass is 10.0. The summed E-state index contributed by atoms with van der Waals surface area (Å²) in [5, 5.41) is 3.15. The Morgan fingerprint density at radius 3 is 2.52 bits per heavy atom. The molecule has 5 heteroatoms. The smallest absolute Gasteiger partial charge is 0.193 e. The van der Waals surface area contributed by atoms with Gasteiger partial charge in [-0.2, -0.15) is 0 Å². The molecular formula is C20H27N3O2. The van der Waals surface area contributed by atoms with Crippen LogP contribution in [0.4, 0.5) is 5.69 Å². The van der Waals surface area contributed by atoms with Gasteiger partial charge in [-0.05, 0) is 47.7 Å². The van der Waals surface area contributed by atoms with Gasteiger partial charge in [-0.15, -0.1) is 0 Å². The van der Waals surface area contributed by atoms with E-state index in [1.54, 1.807) is 14.2 Å². The van der Waals surface area contributed by atoms with Gasteiger partial charge >= 0.3 is 0 Å². The molecule has 0 aromatic heterocycles. The van der Waals surface area contributed by atoms with E-state index in [4.69, 9.17) is 15.2 Å². The van der Waals surface area contributed by atoms with Crippen molar-refractivity contribution in [2.75, 3.05) is 26.1 Å². The lowest BCUT2D eigenvalue weighted by molar-refractivity contribution is 0.354. The van der Waals surface area contributed by atoms with Gasteiger partial charge in [0, 0.05) is 12.2 Å². The Balaban J connectivity index is 1.94. The van der Waals surface area contributed by atoms with E-state index in [-0.39, 0.29) is 0 Å². The number of nitrogens with two attached hydrogens (primary N) is 1. The Bertz CT molecular complexity index is 727. The molecule has 3 N–H and O–H groups in total. The molecule has 0 unspecified atom stereocenters. The molecule has 0 aliphatic heterocycles. The summed E-state index contributed by atoms with van der Waals surface area (Å²) >= 11 is 0. The summed E-state index contributed by atoms with van der Waals surface area (Å²) in [6.45, 7) is 4.93. The Morgan fingerprint density at radius 1 is 1.08 bits per heavy atom. The van der Waals surface area contributed by atoms with E-state index >= 15 is 0 Å². The van der Waals surface area contributed by atoms with Crippen LogP contribution >= 0.6 is 0 Å². The number of aliphatic imine (C=N–C) groups is 1. The van der Waals surface area contributed by atoms with Crippen LogP contribution in [0.25, 0.3) is 0 Å². The number of nitrogens with one attached hydrogen (secondary N) is 1. The zero-order valence-electron chi connectivity index (χ0n) is 15.4. The first kappa shape index (κ1) is 18.6. The summed E-state index contributed by atoms with van der Waals surface area (Å²) in [5.74, 6) is 2.34. The van der Waals surface area contributed by atoms with Gasteiger partial charge in [0.2, 0.25) is 0 Å². The molecule has 0 radical (unpaired) electrons. The van der Waals surface area contributed by atoms with E-state index in [9.17, 15) is 0 Å². The molecule has 0 atom stereocenters. The molecule has 134 valence electrons. The van der Waals surface area contributed by atoms with Crippen molar-refractivity contribution in [1.29, 1.82) is 0 Å². The predicted molar refractivity (Wildman–Crippen MR) is 104 cm³/mol. The third-order valence-electron chi connectivity index (χ3n) is 3.96. The van der Waals surface area contributed by atoms with E-state index in [1.807, 2.05) is 30.3 Å². The van der Waals surface area contributed by atoms with Crippen LogP contribution in [0, 0.1) is 0 Å². The second-order valence-corrected chi connectivity index (χ2v) is 6.11. The first-order valence-electron chi connectivity index (χ1n) is 8.41. The average Bonchev–Trinajstić information content (AvgIpc) is 2.61. The molecule has 5 nitrogen and oxygen atoms in total. The van der Waals surface area contributed by atoms with Crippen LogP contribution in [0.1, 0.15) is 30.9 Å². The molecule has 2 rings (SSSR count). The molecule has 25 heavy (non-hydrogen) atoms. The van der Waals surface area contributed by atoms with Gasteiger partial charge in [-0.3, -0.25) is 4.99 Å². The third-order valence-corrected chi connectivity index (χ3v) is 3.96. The quantitative estimate of drug-likeness (QED) is 0.594. The molecule has 0 spiro atoms. The number of methoxy groups -OCH3 is 2. The highest BCUT2D eigenvalue weighted by atomic mass is 16.5. The van der Waals surface area contributed by atoms with Crippen LogP contribution in [0.2, 0.25) is 0 Å². The normalized spacial score (nSPS) is 11.5. The van der Waals surface area contributed by atoms with Gasteiger partial charge in [0.1, 0.15) is 0 Å². The molecule has 2 aromatic rings. The summed E-state index contributed by atoms with van der Waals surface area (Å²) in [7, 11) is 3.26. The molecule has 0 aliphatic carbocycles. The van der Waals surface area contributed by atoms with E-state index in [2.05, 4.69) is 36.3 Å². The lowest BCUT2D eigenvalue weighted by Gasteiger charge is -2.10. The molecule has 0 aliphatic rings. The SMILES string of the molecule is COc1ccc(CCN=C(N)Nc2cccc(C(C)C)c2)cc1OC.